The molecule has 0 radical (unpaired) electrons. The van der Waals surface area contributed by atoms with Crippen molar-refractivity contribution >= 4 is 0 Å². The molecule has 90 valence electrons. The van der Waals surface area contributed by atoms with Crippen molar-refractivity contribution in [2.75, 3.05) is 27.4 Å². The van der Waals surface area contributed by atoms with Gasteiger partial charge >= 0.3 is 0 Å². The Morgan fingerprint density at radius 1 is 1.38 bits per heavy atom. The summed E-state index contributed by atoms with van der Waals surface area (Å²) in [6, 6.07) is 6.40. The standard InChI is InChI=1S/C13H22N2O/c1-4-11-5-6-13(16-3)12(9-11)7-8-15(2)10-14/h5-6,9H,4,7-8,10,14H2,1-3H3. The molecule has 3 heteroatoms. The van der Waals surface area contributed by atoms with Crippen molar-refractivity contribution in [3.05, 3.63) is 29.3 Å². The fourth-order valence-corrected chi connectivity index (χ4v) is 1.65. The van der Waals surface area contributed by atoms with Crippen molar-refractivity contribution in [1.29, 1.82) is 0 Å². The van der Waals surface area contributed by atoms with Gasteiger partial charge in [0.15, 0.2) is 0 Å². The minimum atomic E-state index is 0.593. The van der Waals surface area contributed by atoms with Crippen LogP contribution in [-0.2, 0) is 12.8 Å². The van der Waals surface area contributed by atoms with Crippen molar-refractivity contribution < 1.29 is 4.74 Å². The van der Waals surface area contributed by atoms with Crippen LogP contribution < -0.4 is 10.5 Å². The number of hydrogen-bond donors (Lipinski definition) is 1. The van der Waals surface area contributed by atoms with Gasteiger partial charge in [-0.15, -0.1) is 0 Å². The number of methoxy groups -OCH3 is 1. The van der Waals surface area contributed by atoms with E-state index >= 15 is 0 Å². The first-order chi connectivity index (χ1) is 7.71. The Labute approximate surface area is 98.2 Å². The highest BCUT2D eigenvalue weighted by atomic mass is 16.5. The lowest BCUT2D eigenvalue weighted by atomic mass is 10.1. The van der Waals surface area contributed by atoms with Crippen molar-refractivity contribution in [3.63, 3.8) is 0 Å². The van der Waals surface area contributed by atoms with Gasteiger partial charge in [-0.2, -0.15) is 0 Å². The predicted octanol–water partition coefficient (Wildman–Crippen LogP) is 1.65. The maximum absolute atomic E-state index is 5.56. The van der Waals surface area contributed by atoms with Crippen LogP contribution in [0.3, 0.4) is 0 Å². The van der Waals surface area contributed by atoms with Crippen LogP contribution >= 0.6 is 0 Å². The maximum atomic E-state index is 5.56. The number of aryl methyl sites for hydroxylation is 1. The van der Waals surface area contributed by atoms with Crippen molar-refractivity contribution in [2.24, 2.45) is 5.73 Å². The first-order valence-corrected chi connectivity index (χ1v) is 5.75. The Kier molecular flexibility index (Phi) is 5.29. The van der Waals surface area contributed by atoms with E-state index in [1.807, 2.05) is 7.05 Å². The molecule has 16 heavy (non-hydrogen) atoms. The van der Waals surface area contributed by atoms with Crippen LogP contribution in [-0.4, -0.2) is 32.3 Å². The molecule has 1 aromatic carbocycles. The van der Waals surface area contributed by atoms with Gasteiger partial charge < -0.3 is 10.5 Å². The summed E-state index contributed by atoms with van der Waals surface area (Å²) in [6.45, 7) is 3.72. The quantitative estimate of drug-likeness (QED) is 0.744. The summed E-state index contributed by atoms with van der Waals surface area (Å²) in [4.78, 5) is 2.10. The second kappa shape index (κ2) is 6.51. The minimum Gasteiger partial charge on any atom is -0.496 e. The van der Waals surface area contributed by atoms with Crippen molar-refractivity contribution in [2.45, 2.75) is 19.8 Å². The number of likely N-dealkylation sites (N-methyl/N-ethyl adjacent to an activating group) is 1. The van der Waals surface area contributed by atoms with Crippen molar-refractivity contribution in [1.82, 2.24) is 4.90 Å². The summed E-state index contributed by atoms with van der Waals surface area (Å²) in [5.74, 6) is 0.975. The molecule has 1 aromatic rings. The third-order valence-corrected chi connectivity index (χ3v) is 2.83. The number of nitrogens with zero attached hydrogens (tertiary/aromatic N) is 1. The Morgan fingerprint density at radius 3 is 2.69 bits per heavy atom. The first-order valence-electron chi connectivity index (χ1n) is 5.75. The van der Waals surface area contributed by atoms with E-state index < -0.39 is 0 Å². The van der Waals surface area contributed by atoms with Gasteiger partial charge in [-0.1, -0.05) is 19.1 Å². The highest BCUT2D eigenvalue weighted by Crippen LogP contribution is 2.20. The van der Waals surface area contributed by atoms with Gasteiger partial charge in [0.1, 0.15) is 5.75 Å². The zero-order valence-electron chi connectivity index (χ0n) is 10.5. The van der Waals surface area contributed by atoms with E-state index in [0.29, 0.717) is 6.67 Å². The zero-order valence-corrected chi connectivity index (χ0v) is 10.5. The Morgan fingerprint density at radius 2 is 2.12 bits per heavy atom. The third-order valence-electron chi connectivity index (χ3n) is 2.83. The molecule has 0 aliphatic carbocycles. The topological polar surface area (TPSA) is 38.5 Å². The SMILES string of the molecule is CCc1ccc(OC)c(CCN(C)CN)c1. The average Bonchev–Trinajstić information content (AvgIpc) is 2.35. The summed E-state index contributed by atoms with van der Waals surface area (Å²) in [5.41, 5.74) is 8.18. The molecule has 2 N–H and O–H groups in total. The highest BCUT2D eigenvalue weighted by molar-refractivity contribution is 5.37. The van der Waals surface area contributed by atoms with Crippen molar-refractivity contribution in [3.8, 4) is 5.75 Å². The van der Waals surface area contributed by atoms with Gasteiger partial charge in [-0.05, 0) is 37.1 Å². The molecule has 1 rings (SSSR count). The molecule has 0 atom stereocenters. The predicted molar refractivity (Wildman–Crippen MR) is 67.8 cm³/mol. The Bertz CT molecular complexity index is 326. The average molecular weight is 222 g/mol. The van der Waals surface area contributed by atoms with Crippen LogP contribution in [0.4, 0.5) is 0 Å². The Hall–Kier alpha value is -1.06. The van der Waals surface area contributed by atoms with Crippen LogP contribution in [0.15, 0.2) is 18.2 Å². The molecule has 0 aliphatic rings. The van der Waals surface area contributed by atoms with Crippen LogP contribution in [0, 0.1) is 0 Å². The molecule has 0 aromatic heterocycles. The summed E-state index contributed by atoms with van der Waals surface area (Å²) in [7, 11) is 3.74. The van der Waals surface area contributed by atoms with Gasteiger partial charge in [-0.3, -0.25) is 4.90 Å². The summed E-state index contributed by atoms with van der Waals surface area (Å²) < 4.78 is 5.36. The number of nitrogens with two attached hydrogens (primary N) is 1. The number of benzene rings is 1. The molecule has 0 saturated heterocycles. The second-order valence-corrected chi connectivity index (χ2v) is 4.01. The van der Waals surface area contributed by atoms with E-state index in [2.05, 4.69) is 30.0 Å². The normalized spacial score (nSPS) is 10.8. The molecule has 0 fully saturated rings. The number of hydrogen-bond acceptors (Lipinski definition) is 3. The fourth-order valence-electron chi connectivity index (χ4n) is 1.65. The largest absolute Gasteiger partial charge is 0.496 e. The minimum absolute atomic E-state index is 0.593. The fraction of sp³-hybridized carbons (Fsp3) is 0.538. The monoisotopic (exact) mass is 222 g/mol. The van der Waals surface area contributed by atoms with E-state index in [4.69, 9.17) is 10.5 Å². The van der Waals surface area contributed by atoms with E-state index in [1.165, 1.54) is 11.1 Å². The van der Waals surface area contributed by atoms with Crippen LogP contribution in [0.25, 0.3) is 0 Å². The smallest absolute Gasteiger partial charge is 0.122 e. The molecule has 0 amide bonds. The molecule has 0 spiro atoms. The summed E-state index contributed by atoms with van der Waals surface area (Å²) in [5, 5.41) is 0. The van der Waals surface area contributed by atoms with Gasteiger partial charge in [0, 0.05) is 13.2 Å². The summed E-state index contributed by atoms with van der Waals surface area (Å²) >= 11 is 0. The molecule has 0 aliphatic heterocycles. The first kappa shape index (κ1) is 13.0. The van der Waals surface area contributed by atoms with E-state index in [1.54, 1.807) is 7.11 Å². The zero-order chi connectivity index (χ0) is 12.0. The van der Waals surface area contributed by atoms with Gasteiger partial charge in [0.25, 0.3) is 0 Å². The molecule has 3 nitrogen and oxygen atoms in total. The van der Waals surface area contributed by atoms with Gasteiger partial charge in [-0.25, -0.2) is 0 Å². The maximum Gasteiger partial charge on any atom is 0.122 e. The highest BCUT2D eigenvalue weighted by Gasteiger charge is 2.05. The number of ether oxygens (including phenoxy) is 1. The molecule has 0 heterocycles. The molecule has 0 bridgehead atoms. The molecular weight excluding hydrogens is 200 g/mol. The number of rotatable bonds is 6. The van der Waals surface area contributed by atoms with Gasteiger partial charge in [0.05, 0.1) is 7.11 Å². The molecule has 0 saturated carbocycles. The van der Waals surface area contributed by atoms with Gasteiger partial charge in [0.2, 0.25) is 0 Å². The molecular formula is C13H22N2O. The van der Waals surface area contributed by atoms with E-state index in [9.17, 15) is 0 Å². The lowest BCUT2D eigenvalue weighted by molar-refractivity contribution is 0.344. The van der Waals surface area contributed by atoms with Crippen LogP contribution in [0.2, 0.25) is 0 Å². The second-order valence-electron chi connectivity index (χ2n) is 4.01. The van der Waals surface area contributed by atoms with E-state index in [0.717, 1.165) is 25.1 Å². The van der Waals surface area contributed by atoms with Crippen LogP contribution in [0.1, 0.15) is 18.1 Å². The van der Waals surface area contributed by atoms with Crippen LogP contribution in [0.5, 0.6) is 5.75 Å². The van der Waals surface area contributed by atoms with E-state index in [-0.39, 0.29) is 0 Å². The Balaban J connectivity index is 2.75. The third kappa shape index (κ3) is 3.51. The summed E-state index contributed by atoms with van der Waals surface area (Å²) in [6.07, 6.45) is 2.04. The lowest BCUT2D eigenvalue weighted by Gasteiger charge is -2.15. The molecule has 0 unspecified atom stereocenters. The lowest BCUT2D eigenvalue weighted by Crippen LogP contribution is -2.27.